The van der Waals surface area contributed by atoms with Gasteiger partial charge in [0, 0.05) is 29.9 Å². The van der Waals surface area contributed by atoms with E-state index in [1.807, 2.05) is 6.20 Å². The fourth-order valence-corrected chi connectivity index (χ4v) is 2.77. The highest BCUT2D eigenvalue weighted by Gasteiger charge is 2.20. The number of nitrogens with zero attached hydrogens (tertiary/aromatic N) is 1. The number of hydrogen-bond donors (Lipinski definition) is 1. The van der Waals surface area contributed by atoms with Crippen molar-refractivity contribution in [3.8, 4) is 0 Å². The van der Waals surface area contributed by atoms with Gasteiger partial charge in [0.1, 0.15) is 0 Å². The van der Waals surface area contributed by atoms with Crippen molar-refractivity contribution in [2.45, 2.75) is 38.6 Å². The Bertz CT molecular complexity index is 363. The number of hydrogen-bond acceptors (Lipinski definition) is 3. The van der Waals surface area contributed by atoms with E-state index < -0.39 is 0 Å². The fourth-order valence-electron chi connectivity index (χ4n) is 2.54. The van der Waals surface area contributed by atoms with Crippen LogP contribution < -0.4 is 5.32 Å². The molecule has 1 aromatic rings. The number of nitrogens with one attached hydrogen (secondary N) is 1. The average Bonchev–Trinajstić information content (AvgIpc) is 2.45. The van der Waals surface area contributed by atoms with Gasteiger partial charge in [-0.3, -0.25) is 4.98 Å². The molecule has 4 heteroatoms. The minimum absolute atomic E-state index is 0.371. The van der Waals surface area contributed by atoms with Gasteiger partial charge in [-0.2, -0.15) is 0 Å². The first-order valence-electron chi connectivity index (χ1n) is 7.22. The van der Waals surface area contributed by atoms with E-state index in [-0.39, 0.29) is 0 Å². The molecule has 0 saturated carbocycles. The van der Waals surface area contributed by atoms with Gasteiger partial charge >= 0.3 is 0 Å². The predicted molar refractivity (Wildman–Crippen MR) is 81.1 cm³/mol. The van der Waals surface area contributed by atoms with E-state index in [0.29, 0.717) is 6.04 Å². The van der Waals surface area contributed by atoms with Crippen molar-refractivity contribution >= 4 is 15.9 Å². The molecule has 1 unspecified atom stereocenters. The summed E-state index contributed by atoms with van der Waals surface area (Å²) in [5.74, 6) is 0.758. The van der Waals surface area contributed by atoms with E-state index in [9.17, 15) is 0 Å². The first-order chi connectivity index (χ1) is 9.29. The van der Waals surface area contributed by atoms with Crippen LogP contribution in [0, 0.1) is 5.92 Å². The molecule has 2 rings (SSSR count). The molecule has 0 amide bonds. The van der Waals surface area contributed by atoms with E-state index in [2.05, 4.69) is 45.3 Å². The summed E-state index contributed by atoms with van der Waals surface area (Å²) in [4.78, 5) is 4.56. The molecule has 1 atom stereocenters. The summed E-state index contributed by atoms with van der Waals surface area (Å²) in [6.45, 7) is 5.08. The monoisotopic (exact) mass is 326 g/mol. The van der Waals surface area contributed by atoms with Gasteiger partial charge in [0.2, 0.25) is 0 Å². The van der Waals surface area contributed by atoms with Crippen molar-refractivity contribution < 1.29 is 4.74 Å². The van der Waals surface area contributed by atoms with E-state index in [0.717, 1.165) is 48.7 Å². The number of halogens is 1. The Balaban J connectivity index is 1.99. The van der Waals surface area contributed by atoms with Gasteiger partial charge in [-0.05, 0) is 66.2 Å². The molecule has 0 spiro atoms. The van der Waals surface area contributed by atoms with Gasteiger partial charge in [-0.1, -0.05) is 6.92 Å². The normalized spacial score (nSPS) is 18.4. The molecule has 0 aliphatic carbocycles. The minimum atomic E-state index is 0.371. The highest BCUT2D eigenvalue weighted by atomic mass is 79.9. The Labute approximate surface area is 124 Å². The maximum absolute atomic E-state index is 5.44. The van der Waals surface area contributed by atoms with Crippen molar-refractivity contribution in [3.63, 3.8) is 0 Å². The van der Waals surface area contributed by atoms with E-state index >= 15 is 0 Å². The molecule has 1 N–H and O–H groups in total. The lowest BCUT2D eigenvalue weighted by atomic mass is 9.91. The van der Waals surface area contributed by atoms with Crippen LogP contribution >= 0.6 is 15.9 Å². The highest BCUT2D eigenvalue weighted by Crippen LogP contribution is 2.27. The largest absolute Gasteiger partial charge is 0.381 e. The lowest BCUT2D eigenvalue weighted by Gasteiger charge is -2.27. The van der Waals surface area contributed by atoms with Crippen LogP contribution in [0.3, 0.4) is 0 Å². The topological polar surface area (TPSA) is 34.1 Å². The molecule has 19 heavy (non-hydrogen) atoms. The molecule has 106 valence electrons. The fraction of sp³-hybridized carbons (Fsp3) is 0.667. The third-order valence-electron chi connectivity index (χ3n) is 3.66. The maximum atomic E-state index is 5.44. The zero-order valence-electron chi connectivity index (χ0n) is 11.6. The molecule has 2 heterocycles. The summed E-state index contributed by atoms with van der Waals surface area (Å²) in [5.41, 5.74) is 1.16. The van der Waals surface area contributed by atoms with Crippen molar-refractivity contribution in [1.29, 1.82) is 0 Å². The molecule has 1 fully saturated rings. The quantitative estimate of drug-likeness (QED) is 0.865. The SMILES string of the molecule is CCCNC(CC1CCOCC1)c1ccc(Br)cn1. The molecular weight excluding hydrogens is 304 g/mol. The lowest BCUT2D eigenvalue weighted by Crippen LogP contribution is -2.27. The van der Waals surface area contributed by atoms with Crippen LogP contribution in [0.4, 0.5) is 0 Å². The van der Waals surface area contributed by atoms with Gasteiger partial charge in [0.25, 0.3) is 0 Å². The number of pyridine rings is 1. The summed E-state index contributed by atoms with van der Waals surface area (Å²) in [6.07, 6.45) is 6.57. The molecule has 0 aromatic carbocycles. The second-order valence-electron chi connectivity index (χ2n) is 5.20. The number of rotatable bonds is 6. The number of ether oxygens (including phenoxy) is 1. The van der Waals surface area contributed by atoms with Gasteiger partial charge < -0.3 is 10.1 Å². The summed E-state index contributed by atoms with van der Waals surface area (Å²) < 4.78 is 6.48. The van der Waals surface area contributed by atoms with Gasteiger partial charge in [-0.25, -0.2) is 0 Å². The summed E-state index contributed by atoms with van der Waals surface area (Å²) in [6, 6.07) is 4.57. The standard InChI is InChI=1S/C15H23BrN2O/c1-2-7-17-15(10-12-5-8-19-9-6-12)14-4-3-13(16)11-18-14/h3-4,11-12,15,17H,2,5-10H2,1H3. The van der Waals surface area contributed by atoms with E-state index in [1.54, 1.807) is 0 Å². The summed E-state index contributed by atoms with van der Waals surface area (Å²) in [7, 11) is 0. The average molecular weight is 327 g/mol. The van der Waals surface area contributed by atoms with Gasteiger partial charge in [0.05, 0.1) is 5.69 Å². The molecule has 3 nitrogen and oxygen atoms in total. The van der Waals surface area contributed by atoms with Crippen LogP contribution in [-0.4, -0.2) is 24.7 Å². The summed E-state index contributed by atoms with van der Waals surface area (Å²) in [5, 5.41) is 3.63. The van der Waals surface area contributed by atoms with Gasteiger partial charge in [-0.15, -0.1) is 0 Å². The van der Waals surface area contributed by atoms with Crippen molar-refractivity contribution in [1.82, 2.24) is 10.3 Å². The van der Waals surface area contributed by atoms with Crippen LogP contribution in [0.1, 0.15) is 44.3 Å². The third kappa shape index (κ3) is 4.86. The second-order valence-corrected chi connectivity index (χ2v) is 6.12. The second kappa shape index (κ2) is 7.98. The van der Waals surface area contributed by atoms with Crippen molar-refractivity contribution in [2.24, 2.45) is 5.92 Å². The highest BCUT2D eigenvalue weighted by molar-refractivity contribution is 9.10. The van der Waals surface area contributed by atoms with Gasteiger partial charge in [0.15, 0.2) is 0 Å². The Morgan fingerprint density at radius 1 is 1.42 bits per heavy atom. The molecular formula is C15H23BrN2O. The Morgan fingerprint density at radius 2 is 2.21 bits per heavy atom. The zero-order valence-corrected chi connectivity index (χ0v) is 13.2. The maximum Gasteiger partial charge on any atom is 0.0574 e. The molecule has 0 radical (unpaired) electrons. The van der Waals surface area contributed by atoms with Crippen LogP contribution in [0.5, 0.6) is 0 Å². The van der Waals surface area contributed by atoms with Crippen molar-refractivity contribution in [2.75, 3.05) is 19.8 Å². The summed E-state index contributed by atoms with van der Waals surface area (Å²) >= 11 is 3.45. The smallest absolute Gasteiger partial charge is 0.0574 e. The van der Waals surface area contributed by atoms with Crippen LogP contribution in [-0.2, 0) is 4.74 Å². The predicted octanol–water partition coefficient (Wildman–Crippen LogP) is 3.70. The van der Waals surface area contributed by atoms with E-state index in [4.69, 9.17) is 4.74 Å². The minimum Gasteiger partial charge on any atom is -0.381 e. The molecule has 1 saturated heterocycles. The Morgan fingerprint density at radius 3 is 2.84 bits per heavy atom. The van der Waals surface area contributed by atoms with Crippen LogP contribution in [0.15, 0.2) is 22.8 Å². The third-order valence-corrected chi connectivity index (χ3v) is 4.13. The first kappa shape index (κ1) is 14.9. The van der Waals surface area contributed by atoms with Crippen LogP contribution in [0.2, 0.25) is 0 Å². The molecule has 1 aromatic heterocycles. The van der Waals surface area contributed by atoms with Crippen LogP contribution in [0.25, 0.3) is 0 Å². The zero-order chi connectivity index (χ0) is 13.5. The Kier molecular flexibility index (Phi) is 6.28. The van der Waals surface area contributed by atoms with Crippen molar-refractivity contribution in [3.05, 3.63) is 28.5 Å². The molecule has 0 bridgehead atoms. The first-order valence-corrected chi connectivity index (χ1v) is 8.01. The lowest BCUT2D eigenvalue weighted by molar-refractivity contribution is 0.0603. The molecule has 1 aliphatic rings. The molecule has 1 aliphatic heterocycles. The number of aromatic nitrogens is 1. The van der Waals surface area contributed by atoms with E-state index in [1.165, 1.54) is 12.8 Å². The Hall–Kier alpha value is -0.450.